The van der Waals surface area contributed by atoms with Crippen molar-refractivity contribution in [2.24, 2.45) is 5.92 Å². The van der Waals surface area contributed by atoms with E-state index in [4.69, 9.17) is 4.42 Å². The lowest BCUT2D eigenvalue weighted by Crippen LogP contribution is -2.39. The SMILES string of the molecule is Cc1ncc(-c2cc3cc(NC(=O)C4CCC(N(C)CC(F)F)CC4)ncc3cn2)o1. The van der Waals surface area contributed by atoms with Crippen molar-refractivity contribution in [1.29, 1.82) is 0 Å². The minimum absolute atomic E-state index is 0.0815. The smallest absolute Gasteiger partial charge is 0.251 e. The molecule has 0 atom stereocenters. The number of nitrogens with one attached hydrogen (secondary N) is 1. The van der Waals surface area contributed by atoms with Crippen molar-refractivity contribution in [3.05, 3.63) is 36.6 Å². The zero-order valence-corrected chi connectivity index (χ0v) is 17.5. The number of aromatic nitrogens is 3. The van der Waals surface area contributed by atoms with Crippen LogP contribution in [0.15, 0.2) is 35.1 Å². The number of anilines is 1. The molecule has 0 bridgehead atoms. The zero-order chi connectivity index (χ0) is 22.0. The third-order valence-electron chi connectivity index (χ3n) is 5.85. The van der Waals surface area contributed by atoms with Crippen molar-refractivity contribution in [1.82, 2.24) is 19.9 Å². The predicted octanol–water partition coefficient (Wildman–Crippen LogP) is 4.29. The number of carbonyl (C=O) groups is 1. The van der Waals surface area contributed by atoms with Crippen LogP contribution in [0.5, 0.6) is 0 Å². The summed E-state index contributed by atoms with van der Waals surface area (Å²) in [5.41, 5.74) is 0.655. The van der Waals surface area contributed by atoms with Crippen LogP contribution in [0, 0.1) is 12.8 Å². The lowest BCUT2D eigenvalue weighted by atomic mass is 9.85. The van der Waals surface area contributed by atoms with Gasteiger partial charge in [-0.2, -0.15) is 0 Å². The number of carbonyl (C=O) groups excluding carboxylic acids is 1. The van der Waals surface area contributed by atoms with Gasteiger partial charge in [0.15, 0.2) is 11.7 Å². The van der Waals surface area contributed by atoms with E-state index in [1.807, 2.05) is 12.1 Å². The first-order valence-corrected chi connectivity index (χ1v) is 10.4. The van der Waals surface area contributed by atoms with Gasteiger partial charge in [-0.1, -0.05) is 0 Å². The molecule has 1 aliphatic carbocycles. The lowest BCUT2D eigenvalue weighted by molar-refractivity contribution is -0.121. The number of nitrogens with zero attached hydrogens (tertiary/aromatic N) is 4. The molecule has 3 heterocycles. The number of alkyl halides is 2. The summed E-state index contributed by atoms with van der Waals surface area (Å²) in [6.07, 6.45) is 5.49. The van der Waals surface area contributed by atoms with E-state index in [1.54, 1.807) is 37.5 Å². The molecule has 7 nitrogen and oxygen atoms in total. The van der Waals surface area contributed by atoms with Gasteiger partial charge >= 0.3 is 0 Å². The molecule has 1 aliphatic rings. The number of aryl methyl sites for hydroxylation is 1. The molecule has 1 saturated carbocycles. The summed E-state index contributed by atoms with van der Waals surface area (Å²) in [4.78, 5) is 27.2. The molecule has 0 spiro atoms. The van der Waals surface area contributed by atoms with E-state index in [2.05, 4.69) is 20.3 Å². The molecule has 1 fully saturated rings. The second-order valence-corrected chi connectivity index (χ2v) is 8.06. The number of rotatable bonds is 6. The molecule has 3 aromatic rings. The number of fused-ring (bicyclic) bond motifs is 1. The van der Waals surface area contributed by atoms with E-state index < -0.39 is 6.43 Å². The van der Waals surface area contributed by atoms with Gasteiger partial charge in [0.2, 0.25) is 5.91 Å². The standard InChI is InChI=1S/C22H25F2N5O2/c1-13-25-11-19(31-13)18-7-15-8-21(27-10-16(15)9-26-18)28-22(30)14-3-5-17(6-4-14)29(2)12-20(23)24/h7-11,14,17,20H,3-6,12H2,1-2H3,(H,27,28,30). The van der Waals surface area contributed by atoms with Crippen LogP contribution in [-0.2, 0) is 4.79 Å². The van der Waals surface area contributed by atoms with Crippen LogP contribution < -0.4 is 5.32 Å². The maximum atomic E-state index is 12.7. The first-order chi connectivity index (χ1) is 14.9. The fraction of sp³-hybridized carbons (Fsp3) is 0.455. The molecule has 3 aromatic heterocycles. The van der Waals surface area contributed by atoms with Gasteiger partial charge in [-0.25, -0.2) is 18.7 Å². The van der Waals surface area contributed by atoms with Crippen LogP contribution in [0.1, 0.15) is 31.6 Å². The fourth-order valence-electron chi connectivity index (χ4n) is 4.09. The summed E-state index contributed by atoms with van der Waals surface area (Å²) in [5, 5.41) is 4.63. The summed E-state index contributed by atoms with van der Waals surface area (Å²) in [7, 11) is 1.72. The summed E-state index contributed by atoms with van der Waals surface area (Å²) >= 11 is 0. The number of hydrogen-bond acceptors (Lipinski definition) is 6. The Morgan fingerprint density at radius 2 is 1.87 bits per heavy atom. The van der Waals surface area contributed by atoms with E-state index in [-0.39, 0.29) is 24.4 Å². The van der Waals surface area contributed by atoms with Crippen LogP contribution in [0.3, 0.4) is 0 Å². The summed E-state index contributed by atoms with van der Waals surface area (Å²) in [6.45, 7) is 1.54. The Hall–Kier alpha value is -2.94. The van der Waals surface area contributed by atoms with Crippen molar-refractivity contribution in [2.75, 3.05) is 18.9 Å². The van der Waals surface area contributed by atoms with Gasteiger partial charge in [0, 0.05) is 36.7 Å². The number of halogens is 2. The van der Waals surface area contributed by atoms with Crippen molar-refractivity contribution in [3.63, 3.8) is 0 Å². The Kier molecular flexibility index (Phi) is 6.22. The average Bonchev–Trinajstić information content (AvgIpc) is 3.19. The molecule has 1 N–H and O–H groups in total. The van der Waals surface area contributed by atoms with Crippen molar-refractivity contribution in [3.8, 4) is 11.5 Å². The van der Waals surface area contributed by atoms with Gasteiger partial charge in [-0.05, 0) is 50.2 Å². The second kappa shape index (κ2) is 9.05. The predicted molar refractivity (Wildman–Crippen MR) is 113 cm³/mol. The monoisotopic (exact) mass is 429 g/mol. The molecular formula is C22H25F2N5O2. The Morgan fingerprint density at radius 3 is 2.55 bits per heavy atom. The summed E-state index contributed by atoms with van der Waals surface area (Å²) in [6, 6.07) is 3.78. The minimum atomic E-state index is -2.34. The van der Waals surface area contributed by atoms with Gasteiger partial charge in [0.1, 0.15) is 11.5 Å². The highest BCUT2D eigenvalue weighted by molar-refractivity contribution is 5.94. The van der Waals surface area contributed by atoms with E-state index in [0.717, 1.165) is 23.6 Å². The van der Waals surface area contributed by atoms with E-state index in [1.165, 1.54) is 0 Å². The van der Waals surface area contributed by atoms with Gasteiger partial charge in [-0.15, -0.1) is 0 Å². The highest BCUT2D eigenvalue weighted by atomic mass is 19.3. The molecule has 0 radical (unpaired) electrons. The maximum Gasteiger partial charge on any atom is 0.251 e. The molecule has 0 aliphatic heterocycles. The topological polar surface area (TPSA) is 84.2 Å². The molecule has 31 heavy (non-hydrogen) atoms. The van der Waals surface area contributed by atoms with Gasteiger partial charge in [-0.3, -0.25) is 14.7 Å². The summed E-state index contributed by atoms with van der Waals surface area (Å²) in [5.74, 6) is 1.39. The highest BCUT2D eigenvalue weighted by Crippen LogP contribution is 2.29. The normalized spacial score (nSPS) is 19.3. The Balaban J connectivity index is 1.41. The number of oxazole rings is 1. The molecule has 1 amide bonds. The molecule has 164 valence electrons. The third kappa shape index (κ3) is 5.04. The third-order valence-corrected chi connectivity index (χ3v) is 5.85. The fourth-order valence-corrected chi connectivity index (χ4v) is 4.09. The molecule has 0 saturated heterocycles. The Bertz CT molecular complexity index is 1060. The quantitative estimate of drug-likeness (QED) is 0.629. The van der Waals surface area contributed by atoms with E-state index in [0.29, 0.717) is 36.0 Å². The van der Waals surface area contributed by atoms with Crippen molar-refractivity contribution in [2.45, 2.75) is 45.1 Å². The van der Waals surface area contributed by atoms with Gasteiger partial charge in [0.05, 0.1) is 12.7 Å². The Morgan fingerprint density at radius 1 is 1.13 bits per heavy atom. The van der Waals surface area contributed by atoms with E-state index >= 15 is 0 Å². The number of pyridine rings is 2. The van der Waals surface area contributed by atoms with Crippen molar-refractivity contribution < 1.29 is 18.0 Å². The number of amides is 1. The summed E-state index contributed by atoms with van der Waals surface area (Å²) < 4.78 is 30.7. The molecule has 9 heteroatoms. The van der Waals surface area contributed by atoms with Crippen LogP contribution in [0.2, 0.25) is 0 Å². The first-order valence-electron chi connectivity index (χ1n) is 10.4. The largest absolute Gasteiger partial charge is 0.439 e. The average molecular weight is 429 g/mol. The van der Waals surface area contributed by atoms with Crippen LogP contribution >= 0.6 is 0 Å². The molecule has 4 rings (SSSR count). The van der Waals surface area contributed by atoms with Crippen molar-refractivity contribution >= 4 is 22.5 Å². The molecule has 0 unspecified atom stereocenters. The maximum absolute atomic E-state index is 12.7. The van der Waals surface area contributed by atoms with Crippen LogP contribution in [-0.4, -0.2) is 51.8 Å². The number of hydrogen-bond donors (Lipinski definition) is 1. The molecular weight excluding hydrogens is 404 g/mol. The highest BCUT2D eigenvalue weighted by Gasteiger charge is 2.29. The molecule has 0 aromatic carbocycles. The second-order valence-electron chi connectivity index (χ2n) is 8.06. The van der Waals surface area contributed by atoms with E-state index in [9.17, 15) is 13.6 Å². The Labute approximate surface area is 178 Å². The van der Waals surface area contributed by atoms with Crippen LogP contribution in [0.4, 0.5) is 14.6 Å². The van der Waals surface area contributed by atoms with Gasteiger partial charge < -0.3 is 9.73 Å². The van der Waals surface area contributed by atoms with Crippen LogP contribution in [0.25, 0.3) is 22.2 Å². The zero-order valence-electron chi connectivity index (χ0n) is 17.5. The minimum Gasteiger partial charge on any atom is -0.439 e. The first kappa shape index (κ1) is 21.3. The van der Waals surface area contributed by atoms with Gasteiger partial charge in [0.25, 0.3) is 6.43 Å². The lowest BCUT2D eigenvalue weighted by Gasteiger charge is -2.33.